The van der Waals surface area contributed by atoms with Crippen LogP contribution in [0.25, 0.3) is 11.1 Å². The van der Waals surface area contributed by atoms with Crippen molar-refractivity contribution in [1.29, 1.82) is 0 Å². The minimum Gasteiger partial charge on any atom is -0.484 e. The molecular formula is C22H20BrNO2. The van der Waals surface area contributed by atoms with E-state index < -0.39 is 0 Å². The summed E-state index contributed by atoms with van der Waals surface area (Å²) in [5.74, 6) is 0.524. The monoisotopic (exact) mass is 409 g/mol. The average Bonchev–Trinajstić information content (AvgIpc) is 2.68. The van der Waals surface area contributed by atoms with Crippen LogP contribution in [0.3, 0.4) is 0 Å². The normalized spacial score (nSPS) is 11.6. The Morgan fingerprint density at radius 2 is 1.54 bits per heavy atom. The molecule has 0 unspecified atom stereocenters. The third kappa shape index (κ3) is 4.96. The van der Waals surface area contributed by atoms with E-state index in [0.717, 1.165) is 15.6 Å². The van der Waals surface area contributed by atoms with Crippen molar-refractivity contribution in [2.75, 3.05) is 6.61 Å². The molecule has 0 aliphatic heterocycles. The fraction of sp³-hybridized carbons (Fsp3) is 0.136. The molecule has 1 amide bonds. The van der Waals surface area contributed by atoms with Crippen LogP contribution < -0.4 is 10.1 Å². The lowest BCUT2D eigenvalue weighted by Gasteiger charge is -2.15. The first kappa shape index (κ1) is 18.2. The first-order chi connectivity index (χ1) is 12.6. The molecule has 0 aliphatic carbocycles. The van der Waals surface area contributed by atoms with Crippen LogP contribution in [0.2, 0.25) is 0 Å². The maximum Gasteiger partial charge on any atom is 0.258 e. The Labute approximate surface area is 162 Å². The molecule has 132 valence electrons. The number of hydrogen-bond donors (Lipinski definition) is 1. The van der Waals surface area contributed by atoms with Crippen LogP contribution >= 0.6 is 15.9 Å². The Bertz CT molecular complexity index is 846. The number of nitrogens with one attached hydrogen (secondary N) is 1. The number of hydrogen-bond acceptors (Lipinski definition) is 2. The standard InChI is InChI=1S/C22H20BrNO2/c1-16(24-22(25)15-26-21-13-11-20(23)12-14-21)17-7-9-19(10-8-17)18-5-3-2-4-6-18/h2-14,16H,15H2,1H3,(H,24,25)/t16-/m0/s1. The Kier molecular flexibility index (Phi) is 6.08. The van der Waals surface area contributed by atoms with E-state index in [4.69, 9.17) is 4.74 Å². The zero-order chi connectivity index (χ0) is 18.4. The minimum absolute atomic E-state index is 0.00588. The van der Waals surface area contributed by atoms with Gasteiger partial charge < -0.3 is 10.1 Å². The number of benzene rings is 3. The molecule has 0 saturated heterocycles. The molecule has 0 saturated carbocycles. The quantitative estimate of drug-likeness (QED) is 0.593. The molecule has 3 rings (SSSR count). The summed E-state index contributed by atoms with van der Waals surface area (Å²) >= 11 is 3.37. The molecule has 0 aliphatic rings. The number of rotatable bonds is 6. The zero-order valence-electron chi connectivity index (χ0n) is 14.5. The fourth-order valence-corrected chi connectivity index (χ4v) is 2.91. The van der Waals surface area contributed by atoms with Gasteiger partial charge in [0.25, 0.3) is 5.91 Å². The molecule has 0 heterocycles. The van der Waals surface area contributed by atoms with Crippen molar-refractivity contribution in [1.82, 2.24) is 5.32 Å². The minimum atomic E-state index is -0.146. The van der Waals surface area contributed by atoms with Crippen molar-refractivity contribution in [3.63, 3.8) is 0 Å². The van der Waals surface area contributed by atoms with Gasteiger partial charge in [-0.3, -0.25) is 4.79 Å². The molecule has 0 spiro atoms. The molecule has 0 radical (unpaired) electrons. The Hall–Kier alpha value is -2.59. The topological polar surface area (TPSA) is 38.3 Å². The third-order valence-corrected chi connectivity index (χ3v) is 4.61. The summed E-state index contributed by atoms with van der Waals surface area (Å²) in [6.07, 6.45) is 0. The van der Waals surface area contributed by atoms with Gasteiger partial charge in [-0.05, 0) is 47.9 Å². The van der Waals surface area contributed by atoms with Crippen LogP contribution in [-0.2, 0) is 4.79 Å². The Balaban J connectivity index is 1.54. The van der Waals surface area contributed by atoms with Gasteiger partial charge in [0.05, 0.1) is 6.04 Å². The lowest BCUT2D eigenvalue weighted by molar-refractivity contribution is -0.123. The van der Waals surface area contributed by atoms with Crippen LogP contribution in [0.15, 0.2) is 83.3 Å². The van der Waals surface area contributed by atoms with Crippen LogP contribution in [0, 0.1) is 0 Å². The number of ether oxygens (including phenoxy) is 1. The third-order valence-electron chi connectivity index (χ3n) is 4.08. The van der Waals surface area contributed by atoms with Crippen molar-refractivity contribution in [3.8, 4) is 16.9 Å². The summed E-state index contributed by atoms with van der Waals surface area (Å²) in [6.45, 7) is 1.96. The van der Waals surface area contributed by atoms with Gasteiger partial charge >= 0.3 is 0 Å². The van der Waals surface area contributed by atoms with E-state index in [2.05, 4.69) is 45.5 Å². The summed E-state index contributed by atoms with van der Waals surface area (Å²) in [6, 6.07) is 25.8. The smallest absolute Gasteiger partial charge is 0.258 e. The zero-order valence-corrected chi connectivity index (χ0v) is 16.1. The van der Waals surface area contributed by atoms with Crippen LogP contribution in [0.4, 0.5) is 0 Å². The van der Waals surface area contributed by atoms with Crippen molar-refractivity contribution in [2.24, 2.45) is 0 Å². The fourth-order valence-electron chi connectivity index (χ4n) is 2.64. The first-order valence-corrected chi connectivity index (χ1v) is 9.24. The predicted octanol–water partition coefficient (Wildman–Crippen LogP) is 5.37. The number of halogens is 1. The molecule has 0 fully saturated rings. The summed E-state index contributed by atoms with van der Waals surface area (Å²) in [5.41, 5.74) is 3.40. The van der Waals surface area contributed by atoms with Gasteiger partial charge in [-0.15, -0.1) is 0 Å². The van der Waals surface area contributed by atoms with Crippen LogP contribution in [0.1, 0.15) is 18.5 Å². The summed E-state index contributed by atoms with van der Waals surface area (Å²) in [7, 11) is 0. The highest BCUT2D eigenvalue weighted by Crippen LogP contribution is 2.22. The lowest BCUT2D eigenvalue weighted by atomic mass is 10.0. The second-order valence-corrected chi connectivity index (χ2v) is 6.94. The maximum atomic E-state index is 12.1. The van der Waals surface area contributed by atoms with E-state index in [1.807, 2.05) is 61.5 Å². The molecular weight excluding hydrogens is 390 g/mol. The summed E-state index contributed by atoms with van der Waals surface area (Å²) in [5, 5.41) is 2.96. The first-order valence-electron chi connectivity index (χ1n) is 8.45. The van der Waals surface area contributed by atoms with Gasteiger partial charge in [0.2, 0.25) is 0 Å². The highest BCUT2D eigenvalue weighted by molar-refractivity contribution is 9.10. The second kappa shape index (κ2) is 8.68. The number of carbonyl (C=O) groups is 1. The van der Waals surface area contributed by atoms with E-state index in [1.165, 1.54) is 5.56 Å². The van der Waals surface area contributed by atoms with E-state index in [0.29, 0.717) is 5.75 Å². The molecule has 1 N–H and O–H groups in total. The van der Waals surface area contributed by atoms with Crippen molar-refractivity contribution in [2.45, 2.75) is 13.0 Å². The molecule has 0 bridgehead atoms. The molecule has 0 aromatic heterocycles. The van der Waals surface area contributed by atoms with E-state index in [9.17, 15) is 4.79 Å². The molecule has 4 heteroatoms. The Morgan fingerprint density at radius 3 is 2.19 bits per heavy atom. The van der Waals surface area contributed by atoms with Gasteiger partial charge in [-0.1, -0.05) is 70.5 Å². The average molecular weight is 410 g/mol. The molecule has 26 heavy (non-hydrogen) atoms. The van der Waals surface area contributed by atoms with Gasteiger partial charge in [-0.2, -0.15) is 0 Å². The van der Waals surface area contributed by atoms with Gasteiger partial charge in [0.1, 0.15) is 5.75 Å². The maximum absolute atomic E-state index is 12.1. The Morgan fingerprint density at radius 1 is 0.923 bits per heavy atom. The molecule has 3 nitrogen and oxygen atoms in total. The van der Waals surface area contributed by atoms with Gasteiger partial charge in [-0.25, -0.2) is 0 Å². The van der Waals surface area contributed by atoms with Crippen molar-refractivity contribution < 1.29 is 9.53 Å². The van der Waals surface area contributed by atoms with E-state index in [-0.39, 0.29) is 18.6 Å². The molecule has 3 aromatic carbocycles. The van der Waals surface area contributed by atoms with E-state index in [1.54, 1.807) is 0 Å². The number of amides is 1. The predicted molar refractivity (Wildman–Crippen MR) is 108 cm³/mol. The second-order valence-electron chi connectivity index (χ2n) is 6.02. The largest absolute Gasteiger partial charge is 0.484 e. The summed E-state index contributed by atoms with van der Waals surface area (Å²) < 4.78 is 6.48. The lowest BCUT2D eigenvalue weighted by Crippen LogP contribution is -2.31. The van der Waals surface area contributed by atoms with E-state index >= 15 is 0 Å². The van der Waals surface area contributed by atoms with Crippen LogP contribution in [-0.4, -0.2) is 12.5 Å². The highest BCUT2D eigenvalue weighted by Gasteiger charge is 2.10. The van der Waals surface area contributed by atoms with Crippen LogP contribution in [0.5, 0.6) is 5.75 Å². The van der Waals surface area contributed by atoms with Gasteiger partial charge in [0, 0.05) is 4.47 Å². The molecule has 3 aromatic rings. The van der Waals surface area contributed by atoms with Gasteiger partial charge in [0.15, 0.2) is 6.61 Å². The number of carbonyl (C=O) groups excluding carboxylic acids is 1. The highest BCUT2D eigenvalue weighted by atomic mass is 79.9. The molecule has 1 atom stereocenters. The SMILES string of the molecule is C[C@H](NC(=O)COc1ccc(Br)cc1)c1ccc(-c2ccccc2)cc1. The summed E-state index contributed by atoms with van der Waals surface area (Å²) in [4.78, 5) is 12.1. The van der Waals surface area contributed by atoms with Crippen molar-refractivity contribution >= 4 is 21.8 Å². The van der Waals surface area contributed by atoms with Crippen molar-refractivity contribution in [3.05, 3.63) is 88.9 Å².